The van der Waals surface area contributed by atoms with Crippen LogP contribution in [0.4, 0.5) is 5.69 Å². The first-order valence-corrected chi connectivity index (χ1v) is 7.11. The number of nitrogens with one attached hydrogen (secondary N) is 1. The van der Waals surface area contributed by atoms with Gasteiger partial charge in [0.1, 0.15) is 5.92 Å². The molecule has 3 heterocycles. The van der Waals surface area contributed by atoms with Crippen molar-refractivity contribution in [3.05, 3.63) is 59.2 Å². The fraction of sp³-hybridized carbons (Fsp3) is 0.125. The number of carbonyl (C=O) groups is 2. The van der Waals surface area contributed by atoms with Crippen LogP contribution in [0.3, 0.4) is 0 Å². The molecule has 3 N–H and O–H groups in total. The van der Waals surface area contributed by atoms with Crippen LogP contribution in [-0.4, -0.2) is 26.4 Å². The van der Waals surface area contributed by atoms with Crippen molar-refractivity contribution in [3.63, 3.8) is 0 Å². The Morgan fingerprint density at radius 1 is 1.30 bits per heavy atom. The Morgan fingerprint density at radius 3 is 2.87 bits per heavy atom. The molecule has 2 aromatic heterocycles. The van der Waals surface area contributed by atoms with Crippen LogP contribution in [-0.2, 0) is 4.79 Å². The van der Waals surface area contributed by atoms with Crippen LogP contribution >= 0.6 is 0 Å². The van der Waals surface area contributed by atoms with E-state index in [0.29, 0.717) is 11.2 Å². The molecule has 0 fully saturated rings. The van der Waals surface area contributed by atoms with Crippen LogP contribution < -0.4 is 11.1 Å². The van der Waals surface area contributed by atoms with Gasteiger partial charge in [-0.2, -0.15) is 0 Å². The number of primary amides is 1. The number of fused-ring (bicyclic) bond motifs is 2. The summed E-state index contributed by atoms with van der Waals surface area (Å²) in [4.78, 5) is 28.3. The van der Waals surface area contributed by atoms with Crippen molar-refractivity contribution < 1.29 is 9.59 Å². The van der Waals surface area contributed by atoms with Gasteiger partial charge in [-0.25, -0.2) is 9.50 Å². The van der Waals surface area contributed by atoms with E-state index in [1.165, 1.54) is 0 Å². The molecule has 0 aliphatic carbocycles. The van der Waals surface area contributed by atoms with E-state index in [9.17, 15) is 9.59 Å². The first-order valence-electron chi connectivity index (χ1n) is 7.11. The summed E-state index contributed by atoms with van der Waals surface area (Å²) in [7, 11) is 0. The van der Waals surface area contributed by atoms with Crippen LogP contribution in [0.2, 0.25) is 0 Å². The predicted molar refractivity (Wildman–Crippen MR) is 83.2 cm³/mol. The molecule has 0 saturated heterocycles. The van der Waals surface area contributed by atoms with E-state index in [2.05, 4.69) is 15.4 Å². The molecule has 23 heavy (non-hydrogen) atoms. The number of nitrogens with two attached hydrogens (primary N) is 1. The van der Waals surface area contributed by atoms with Gasteiger partial charge in [0.25, 0.3) is 5.91 Å². The van der Waals surface area contributed by atoms with E-state index >= 15 is 0 Å². The van der Waals surface area contributed by atoms with Crippen molar-refractivity contribution in [3.8, 4) is 0 Å². The van der Waals surface area contributed by atoms with Gasteiger partial charge in [0, 0.05) is 11.9 Å². The second-order valence-electron chi connectivity index (χ2n) is 5.49. The third-order valence-corrected chi connectivity index (χ3v) is 4.03. The molecule has 114 valence electrons. The first kappa shape index (κ1) is 13.4. The summed E-state index contributed by atoms with van der Waals surface area (Å²) < 4.78 is 1.55. The lowest BCUT2D eigenvalue weighted by Crippen LogP contribution is -2.22. The van der Waals surface area contributed by atoms with E-state index in [1.807, 2.05) is 37.3 Å². The topological polar surface area (TPSA) is 102 Å². The second kappa shape index (κ2) is 4.64. The Kier molecular flexibility index (Phi) is 2.71. The van der Waals surface area contributed by atoms with Crippen LogP contribution in [0.15, 0.2) is 36.5 Å². The molecule has 1 aliphatic heterocycles. The Morgan fingerprint density at radius 2 is 2.09 bits per heavy atom. The molecule has 7 nitrogen and oxygen atoms in total. The van der Waals surface area contributed by atoms with E-state index in [-0.39, 0.29) is 11.7 Å². The molecule has 0 spiro atoms. The number of aromatic nitrogens is 3. The average Bonchev–Trinajstić information content (AvgIpc) is 3.06. The quantitative estimate of drug-likeness (QED) is 0.743. The molecule has 1 aliphatic rings. The number of para-hydroxylation sites is 1. The summed E-state index contributed by atoms with van der Waals surface area (Å²) in [6.45, 7) is 1.91. The fourth-order valence-corrected chi connectivity index (χ4v) is 3.00. The molecular formula is C16H13N5O2. The summed E-state index contributed by atoms with van der Waals surface area (Å²) in [6, 6.07) is 9.29. The van der Waals surface area contributed by atoms with Gasteiger partial charge in [0.05, 0.1) is 11.2 Å². The fourth-order valence-electron chi connectivity index (χ4n) is 3.00. The summed E-state index contributed by atoms with van der Waals surface area (Å²) in [5.74, 6) is -1.61. The van der Waals surface area contributed by atoms with E-state index < -0.39 is 11.8 Å². The van der Waals surface area contributed by atoms with Crippen molar-refractivity contribution in [2.75, 3.05) is 5.32 Å². The number of benzene rings is 1. The minimum Gasteiger partial charge on any atom is -0.363 e. The highest BCUT2D eigenvalue weighted by molar-refractivity contribution is 6.06. The summed E-state index contributed by atoms with van der Waals surface area (Å²) in [5, 5.41) is 6.95. The Bertz CT molecular complexity index is 976. The normalized spacial score (nSPS) is 16.4. The van der Waals surface area contributed by atoms with Gasteiger partial charge in [0.2, 0.25) is 11.7 Å². The van der Waals surface area contributed by atoms with Crippen molar-refractivity contribution in [2.24, 2.45) is 5.73 Å². The number of amides is 2. The Hall–Kier alpha value is -3.22. The van der Waals surface area contributed by atoms with Gasteiger partial charge in [-0.05, 0) is 30.2 Å². The van der Waals surface area contributed by atoms with Gasteiger partial charge in [-0.1, -0.05) is 18.2 Å². The molecule has 1 unspecified atom stereocenters. The zero-order valence-electron chi connectivity index (χ0n) is 12.3. The first-order chi connectivity index (χ1) is 11.1. The standard InChI is InChI=1S/C16H13N5O2/c1-8-6-7-21-13(8)12(19-15(20-21)14(17)22)11-9-4-2-3-5-10(9)18-16(11)23/h2-7,11H,1H3,(H2,17,22)(H,18,23). The Balaban J connectivity index is 2.03. The molecule has 3 aromatic rings. The summed E-state index contributed by atoms with van der Waals surface area (Å²) in [5.41, 5.74) is 9.04. The molecule has 0 saturated carbocycles. The van der Waals surface area contributed by atoms with Gasteiger partial charge in [0.15, 0.2) is 0 Å². The smallest absolute Gasteiger partial charge is 0.288 e. The number of carbonyl (C=O) groups excluding carboxylic acids is 2. The predicted octanol–water partition coefficient (Wildman–Crippen LogP) is 1.22. The molecule has 1 atom stereocenters. The van der Waals surface area contributed by atoms with Crippen molar-refractivity contribution >= 4 is 23.0 Å². The van der Waals surface area contributed by atoms with Gasteiger partial charge in [-0.3, -0.25) is 9.59 Å². The summed E-state index contributed by atoms with van der Waals surface area (Å²) >= 11 is 0. The van der Waals surface area contributed by atoms with Crippen molar-refractivity contribution in [1.82, 2.24) is 14.6 Å². The van der Waals surface area contributed by atoms with Gasteiger partial charge < -0.3 is 11.1 Å². The SMILES string of the molecule is Cc1ccn2nc(C(N)=O)nc(C3C(=O)Nc4ccccc43)c12. The Labute approximate surface area is 131 Å². The van der Waals surface area contributed by atoms with Crippen molar-refractivity contribution in [1.29, 1.82) is 0 Å². The van der Waals surface area contributed by atoms with Crippen molar-refractivity contribution in [2.45, 2.75) is 12.8 Å². The maximum Gasteiger partial charge on any atom is 0.288 e. The third kappa shape index (κ3) is 1.90. The number of hydrogen-bond acceptors (Lipinski definition) is 4. The molecule has 4 rings (SSSR count). The highest BCUT2D eigenvalue weighted by atomic mass is 16.2. The van der Waals surface area contributed by atoms with Crippen LogP contribution in [0, 0.1) is 6.92 Å². The lowest BCUT2D eigenvalue weighted by molar-refractivity contribution is -0.116. The van der Waals surface area contributed by atoms with E-state index in [1.54, 1.807) is 10.7 Å². The highest BCUT2D eigenvalue weighted by Crippen LogP contribution is 2.38. The minimum atomic E-state index is -0.730. The molecule has 0 radical (unpaired) electrons. The van der Waals surface area contributed by atoms with Crippen LogP contribution in [0.1, 0.15) is 33.4 Å². The number of aryl methyl sites for hydroxylation is 1. The number of nitrogens with zero attached hydrogens (tertiary/aromatic N) is 3. The zero-order chi connectivity index (χ0) is 16.1. The molecular weight excluding hydrogens is 294 g/mol. The zero-order valence-corrected chi connectivity index (χ0v) is 12.3. The number of anilines is 1. The van der Waals surface area contributed by atoms with Crippen LogP contribution in [0.5, 0.6) is 0 Å². The van der Waals surface area contributed by atoms with E-state index in [4.69, 9.17) is 5.73 Å². The van der Waals surface area contributed by atoms with Gasteiger partial charge >= 0.3 is 0 Å². The maximum absolute atomic E-state index is 12.5. The molecule has 2 amide bonds. The lowest BCUT2D eigenvalue weighted by Gasteiger charge is -2.12. The number of rotatable bonds is 2. The average molecular weight is 307 g/mol. The monoisotopic (exact) mass is 307 g/mol. The van der Waals surface area contributed by atoms with E-state index in [0.717, 1.165) is 16.8 Å². The lowest BCUT2D eigenvalue weighted by atomic mass is 9.95. The third-order valence-electron chi connectivity index (χ3n) is 4.03. The molecule has 7 heteroatoms. The molecule has 0 bridgehead atoms. The number of hydrogen-bond donors (Lipinski definition) is 2. The molecule has 1 aromatic carbocycles. The largest absolute Gasteiger partial charge is 0.363 e. The highest BCUT2D eigenvalue weighted by Gasteiger charge is 2.35. The minimum absolute atomic E-state index is 0.111. The maximum atomic E-state index is 12.5. The summed E-state index contributed by atoms with van der Waals surface area (Å²) in [6.07, 6.45) is 1.72. The van der Waals surface area contributed by atoms with Crippen LogP contribution in [0.25, 0.3) is 5.52 Å². The van der Waals surface area contributed by atoms with Gasteiger partial charge in [-0.15, -0.1) is 5.10 Å². The second-order valence-corrected chi connectivity index (χ2v) is 5.49.